The Hall–Kier alpha value is -0.570. The van der Waals surface area contributed by atoms with Gasteiger partial charge in [0.25, 0.3) is 0 Å². The molecule has 1 fully saturated rings. The molecule has 3 heteroatoms. The summed E-state index contributed by atoms with van der Waals surface area (Å²) in [7, 11) is 0. The van der Waals surface area contributed by atoms with Crippen LogP contribution in [0.4, 0.5) is 0 Å². The third-order valence-corrected chi connectivity index (χ3v) is 2.59. The molecule has 0 aromatic carbocycles. The van der Waals surface area contributed by atoms with Crippen molar-refractivity contribution in [3.63, 3.8) is 0 Å². The Morgan fingerprint density at radius 2 is 2.15 bits per heavy atom. The topological polar surface area (TPSA) is 38.3 Å². The van der Waals surface area contributed by atoms with Crippen molar-refractivity contribution in [2.75, 3.05) is 6.54 Å². The minimum atomic E-state index is -0.0845. The molecule has 0 aromatic rings. The van der Waals surface area contributed by atoms with E-state index in [0.29, 0.717) is 5.92 Å². The monoisotopic (exact) mass is 185 g/mol. The van der Waals surface area contributed by atoms with Crippen LogP contribution in [0.3, 0.4) is 0 Å². The van der Waals surface area contributed by atoms with Crippen molar-refractivity contribution in [1.29, 1.82) is 0 Å². The molecule has 1 rings (SSSR count). The highest BCUT2D eigenvalue weighted by Crippen LogP contribution is 2.11. The first-order valence-electron chi connectivity index (χ1n) is 5.05. The number of ether oxygens (including phenoxy) is 1. The largest absolute Gasteiger partial charge is 0.461 e. The third kappa shape index (κ3) is 2.99. The summed E-state index contributed by atoms with van der Waals surface area (Å²) >= 11 is 0. The van der Waals surface area contributed by atoms with Gasteiger partial charge >= 0.3 is 5.97 Å². The van der Waals surface area contributed by atoms with Crippen LogP contribution in [0.5, 0.6) is 0 Å². The molecular weight excluding hydrogens is 166 g/mol. The predicted molar refractivity (Wildman–Crippen MR) is 51.4 cm³/mol. The average Bonchev–Trinajstić information content (AvgIpc) is 2.55. The lowest BCUT2D eigenvalue weighted by atomic mass is 10.1. The molecule has 0 saturated carbocycles. The summed E-state index contributed by atoms with van der Waals surface area (Å²) in [5, 5.41) is 3.13. The molecule has 13 heavy (non-hydrogen) atoms. The molecule has 1 aliphatic heterocycles. The van der Waals surface area contributed by atoms with E-state index < -0.39 is 0 Å². The van der Waals surface area contributed by atoms with Gasteiger partial charge in [-0.15, -0.1) is 0 Å². The van der Waals surface area contributed by atoms with Crippen LogP contribution in [0.25, 0.3) is 0 Å². The number of rotatable bonds is 3. The molecule has 2 unspecified atom stereocenters. The molecule has 0 aromatic heterocycles. The Labute approximate surface area is 79.8 Å². The van der Waals surface area contributed by atoms with E-state index in [0.717, 1.165) is 19.4 Å². The SMILES string of the molecule is CC(C)C(C)OC(=O)C1CCCN1. The molecule has 0 spiro atoms. The summed E-state index contributed by atoms with van der Waals surface area (Å²) in [6.45, 7) is 6.99. The zero-order chi connectivity index (χ0) is 9.84. The van der Waals surface area contributed by atoms with Crippen molar-refractivity contribution < 1.29 is 9.53 Å². The summed E-state index contributed by atoms with van der Waals surface area (Å²) in [4.78, 5) is 11.5. The van der Waals surface area contributed by atoms with Gasteiger partial charge in [0.2, 0.25) is 0 Å². The fourth-order valence-electron chi connectivity index (χ4n) is 1.29. The van der Waals surface area contributed by atoms with Crippen molar-refractivity contribution in [3.05, 3.63) is 0 Å². The fourth-order valence-corrected chi connectivity index (χ4v) is 1.29. The van der Waals surface area contributed by atoms with Gasteiger partial charge in [-0.05, 0) is 32.2 Å². The highest BCUT2D eigenvalue weighted by Gasteiger charge is 2.25. The highest BCUT2D eigenvalue weighted by molar-refractivity contribution is 5.76. The Kier molecular flexibility index (Phi) is 3.72. The molecule has 1 aliphatic rings. The highest BCUT2D eigenvalue weighted by atomic mass is 16.5. The van der Waals surface area contributed by atoms with Crippen LogP contribution in [0.1, 0.15) is 33.6 Å². The zero-order valence-corrected chi connectivity index (χ0v) is 8.67. The molecule has 1 saturated heterocycles. The second kappa shape index (κ2) is 4.61. The number of hydrogen-bond acceptors (Lipinski definition) is 3. The summed E-state index contributed by atoms with van der Waals surface area (Å²) in [6.07, 6.45) is 2.02. The first-order chi connectivity index (χ1) is 6.11. The van der Waals surface area contributed by atoms with E-state index in [1.807, 2.05) is 6.92 Å². The summed E-state index contributed by atoms with van der Waals surface area (Å²) < 4.78 is 5.29. The first-order valence-corrected chi connectivity index (χ1v) is 5.05. The van der Waals surface area contributed by atoms with Gasteiger partial charge in [-0.3, -0.25) is 4.79 Å². The van der Waals surface area contributed by atoms with Crippen LogP contribution in [-0.2, 0) is 9.53 Å². The van der Waals surface area contributed by atoms with E-state index in [2.05, 4.69) is 19.2 Å². The lowest BCUT2D eigenvalue weighted by molar-refractivity contribution is -0.152. The molecule has 0 aliphatic carbocycles. The maximum atomic E-state index is 11.5. The zero-order valence-electron chi connectivity index (χ0n) is 8.67. The lowest BCUT2D eigenvalue weighted by Gasteiger charge is -2.19. The van der Waals surface area contributed by atoms with Gasteiger partial charge in [0.05, 0.1) is 0 Å². The lowest BCUT2D eigenvalue weighted by Crippen LogP contribution is -2.35. The van der Waals surface area contributed by atoms with Gasteiger partial charge < -0.3 is 10.1 Å². The fraction of sp³-hybridized carbons (Fsp3) is 0.900. The van der Waals surface area contributed by atoms with Crippen LogP contribution in [0.15, 0.2) is 0 Å². The minimum Gasteiger partial charge on any atom is -0.461 e. The molecule has 1 N–H and O–H groups in total. The van der Waals surface area contributed by atoms with Gasteiger partial charge in [-0.25, -0.2) is 0 Å². The quantitative estimate of drug-likeness (QED) is 0.674. The number of carbonyl (C=O) groups is 1. The van der Waals surface area contributed by atoms with Crippen LogP contribution in [0.2, 0.25) is 0 Å². The van der Waals surface area contributed by atoms with Gasteiger partial charge in [0.1, 0.15) is 12.1 Å². The molecule has 0 bridgehead atoms. The average molecular weight is 185 g/mol. The van der Waals surface area contributed by atoms with Crippen molar-refractivity contribution in [3.8, 4) is 0 Å². The van der Waals surface area contributed by atoms with Gasteiger partial charge in [-0.1, -0.05) is 13.8 Å². The minimum absolute atomic E-state index is 0.0231. The molecule has 76 valence electrons. The van der Waals surface area contributed by atoms with E-state index in [9.17, 15) is 4.79 Å². The van der Waals surface area contributed by atoms with Crippen LogP contribution in [0, 0.1) is 5.92 Å². The molecule has 0 amide bonds. The Bertz CT molecular complexity index is 174. The Morgan fingerprint density at radius 3 is 2.62 bits per heavy atom. The van der Waals surface area contributed by atoms with Crippen LogP contribution < -0.4 is 5.32 Å². The van der Waals surface area contributed by atoms with Crippen LogP contribution in [-0.4, -0.2) is 24.7 Å². The molecule has 1 heterocycles. The van der Waals surface area contributed by atoms with E-state index in [1.165, 1.54) is 0 Å². The molecule has 0 radical (unpaired) electrons. The van der Waals surface area contributed by atoms with E-state index in [1.54, 1.807) is 0 Å². The number of esters is 1. The number of carbonyl (C=O) groups excluding carboxylic acids is 1. The second-order valence-electron chi connectivity index (χ2n) is 4.03. The smallest absolute Gasteiger partial charge is 0.323 e. The van der Waals surface area contributed by atoms with Gasteiger partial charge in [0, 0.05) is 0 Å². The molecular formula is C10H19NO2. The van der Waals surface area contributed by atoms with E-state index in [-0.39, 0.29) is 18.1 Å². The molecule has 3 nitrogen and oxygen atoms in total. The van der Waals surface area contributed by atoms with Crippen molar-refractivity contribution >= 4 is 5.97 Å². The summed E-state index contributed by atoms with van der Waals surface area (Å²) in [6, 6.07) is -0.0544. The number of hydrogen-bond donors (Lipinski definition) is 1. The number of nitrogens with one attached hydrogen (secondary N) is 1. The maximum absolute atomic E-state index is 11.5. The summed E-state index contributed by atoms with van der Waals surface area (Å²) in [5.74, 6) is 0.309. The van der Waals surface area contributed by atoms with Gasteiger partial charge in [-0.2, -0.15) is 0 Å². The van der Waals surface area contributed by atoms with E-state index in [4.69, 9.17) is 4.74 Å². The molecule has 2 atom stereocenters. The Morgan fingerprint density at radius 1 is 1.46 bits per heavy atom. The normalized spacial score (nSPS) is 24.8. The third-order valence-electron chi connectivity index (χ3n) is 2.59. The summed E-state index contributed by atoms with van der Waals surface area (Å²) in [5.41, 5.74) is 0. The first kappa shape index (κ1) is 10.5. The van der Waals surface area contributed by atoms with Crippen molar-refractivity contribution in [1.82, 2.24) is 5.32 Å². The van der Waals surface area contributed by atoms with Crippen molar-refractivity contribution in [2.24, 2.45) is 5.92 Å². The van der Waals surface area contributed by atoms with Gasteiger partial charge in [0.15, 0.2) is 0 Å². The Balaban J connectivity index is 2.31. The maximum Gasteiger partial charge on any atom is 0.323 e. The second-order valence-corrected chi connectivity index (χ2v) is 4.03. The van der Waals surface area contributed by atoms with E-state index >= 15 is 0 Å². The predicted octanol–water partition coefficient (Wildman–Crippen LogP) is 1.33. The standard InChI is InChI=1S/C10H19NO2/c1-7(2)8(3)13-10(12)9-5-4-6-11-9/h7-9,11H,4-6H2,1-3H3. The van der Waals surface area contributed by atoms with Crippen molar-refractivity contribution in [2.45, 2.75) is 45.8 Å². The van der Waals surface area contributed by atoms with Crippen LogP contribution >= 0.6 is 0 Å².